The van der Waals surface area contributed by atoms with E-state index in [-0.39, 0.29) is 5.75 Å². The minimum absolute atomic E-state index is 0.264. The maximum Gasteiger partial charge on any atom is 0.116 e. The van der Waals surface area contributed by atoms with Gasteiger partial charge in [-0.25, -0.2) is 0 Å². The monoisotopic (exact) mass is 284 g/mol. The maximum atomic E-state index is 9.35. The highest BCUT2D eigenvalue weighted by Crippen LogP contribution is 2.32. The molecule has 0 spiro atoms. The number of phenolic OH excluding ortho intramolecular Hbond substituents is 1. The number of phenols is 1. The minimum Gasteiger partial charge on any atom is -0.508 e. The Kier molecular flexibility index (Phi) is 4.21. The molecule has 2 aromatic carbocycles. The van der Waals surface area contributed by atoms with Crippen molar-refractivity contribution in [2.75, 3.05) is 0 Å². The van der Waals surface area contributed by atoms with Crippen LogP contribution in [-0.2, 0) is 5.75 Å². The van der Waals surface area contributed by atoms with Crippen LogP contribution in [0.15, 0.2) is 47.4 Å². The second-order valence-corrected chi connectivity index (χ2v) is 5.35. The van der Waals surface area contributed by atoms with Crippen LogP contribution >= 0.6 is 35.0 Å². The van der Waals surface area contributed by atoms with Gasteiger partial charge in [0.15, 0.2) is 0 Å². The number of aromatic hydroxyl groups is 1. The van der Waals surface area contributed by atoms with Gasteiger partial charge in [-0.15, -0.1) is 11.8 Å². The molecule has 4 heteroatoms. The third kappa shape index (κ3) is 3.32. The summed E-state index contributed by atoms with van der Waals surface area (Å²) in [5.74, 6) is 0.947. The molecule has 0 aliphatic rings. The molecule has 17 heavy (non-hydrogen) atoms. The first-order chi connectivity index (χ1) is 8.16. The first-order valence-electron chi connectivity index (χ1n) is 5.01. The van der Waals surface area contributed by atoms with Gasteiger partial charge >= 0.3 is 0 Å². The molecule has 0 radical (unpaired) electrons. The Hall–Kier alpha value is -0.830. The molecule has 2 rings (SSSR count). The molecule has 0 fully saturated rings. The lowest BCUT2D eigenvalue weighted by molar-refractivity contribution is 0.474. The number of rotatable bonds is 3. The van der Waals surface area contributed by atoms with Crippen LogP contribution in [0.3, 0.4) is 0 Å². The van der Waals surface area contributed by atoms with Crippen molar-refractivity contribution in [1.29, 1.82) is 0 Å². The van der Waals surface area contributed by atoms with E-state index >= 15 is 0 Å². The van der Waals surface area contributed by atoms with Gasteiger partial charge < -0.3 is 5.11 Å². The zero-order valence-corrected chi connectivity index (χ0v) is 11.2. The van der Waals surface area contributed by atoms with Gasteiger partial charge in [0.25, 0.3) is 0 Å². The van der Waals surface area contributed by atoms with E-state index < -0.39 is 0 Å². The van der Waals surface area contributed by atoms with Gasteiger partial charge in [-0.2, -0.15) is 0 Å². The summed E-state index contributed by atoms with van der Waals surface area (Å²) in [6.45, 7) is 0. The molecule has 0 aromatic heterocycles. The minimum atomic E-state index is 0.264. The zero-order valence-electron chi connectivity index (χ0n) is 8.86. The van der Waals surface area contributed by atoms with Crippen molar-refractivity contribution in [3.05, 3.63) is 58.1 Å². The highest BCUT2D eigenvalue weighted by Gasteiger charge is 2.06. The fourth-order valence-corrected chi connectivity index (χ4v) is 3.09. The Morgan fingerprint density at radius 3 is 2.29 bits per heavy atom. The van der Waals surface area contributed by atoms with Crippen molar-refractivity contribution >= 4 is 35.0 Å². The molecule has 0 bridgehead atoms. The molecule has 1 nitrogen and oxygen atoms in total. The van der Waals surface area contributed by atoms with Crippen LogP contribution in [0.25, 0.3) is 0 Å². The lowest BCUT2D eigenvalue weighted by Gasteiger charge is -2.06. The number of benzene rings is 2. The topological polar surface area (TPSA) is 20.2 Å². The summed E-state index contributed by atoms with van der Waals surface area (Å²) in [5, 5.41) is 10.7. The normalized spacial score (nSPS) is 10.5. The van der Waals surface area contributed by atoms with Gasteiger partial charge in [0.05, 0.1) is 0 Å². The summed E-state index contributed by atoms with van der Waals surface area (Å²) in [6.07, 6.45) is 0. The molecule has 1 N–H and O–H groups in total. The molecule has 2 aromatic rings. The van der Waals surface area contributed by atoms with Gasteiger partial charge in [-0.3, -0.25) is 0 Å². The molecule has 0 atom stereocenters. The van der Waals surface area contributed by atoms with Gasteiger partial charge in [0, 0.05) is 20.7 Å². The highest BCUT2D eigenvalue weighted by molar-refractivity contribution is 7.98. The van der Waals surface area contributed by atoms with E-state index in [2.05, 4.69) is 0 Å². The molecule has 0 aliphatic heterocycles. The predicted molar refractivity (Wildman–Crippen MR) is 74.1 cm³/mol. The van der Waals surface area contributed by atoms with Crippen LogP contribution in [0.4, 0.5) is 0 Å². The zero-order chi connectivity index (χ0) is 12.3. The maximum absolute atomic E-state index is 9.35. The van der Waals surface area contributed by atoms with Crippen LogP contribution in [0.2, 0.25) is 10.0 Å². The Labute approximate surface area is 114 Å². The fraction of sp³-hybridized carbons (Fsp3) is 0.0769. The van der Waals surface area contributed by atoms with Crippen LogP contribution in [0.5, 0.6) is 5.75 Å². The van der Waals surface area contributed by atoms with E-state index in [0.717, 1.165) is 10.5 Å². The summed E-state index contributed by atoms with van der Waals surface area (Å²) in [4.78, 5) is 0.987. The average Bonchev–Trinajstić information content (AvgIpc) is 2.28. The standard InChI is InChI=1S/C13H10Cl2OS/c14-12-5-2-6-13(15)11(12)8-17-10-4-1-3-9(16)7-10/h1-7,16H,8H2. The van der Waals surface area contributed by atoms with Crippen molar-refractivity contribution in [3.8, 4) is 5.75 Å². The van der Waals surface area contributed by atoms with Crippen molar-refractivity contribution < 1.29 is 5.11 Å². The first-order valence-corrected chi connectivity index (χ1v) is 6.75. The molecular weight excluding hydrogens is 275 g/mol. The quantitative estimate of drug-likeness (QED) is 0.801. The third-order valence-electron chi connectivity index (χ3n) is 2.26. The van der Waals surface area contributed by atoms with Crippen molar-refractivity contribution in [2.24, 2.45) is 0 Å². The van der Waals surface area contributed by atoms with Gasteiger partial charge in [-0.1, -0.05) is 35.3 Å². The smallest absolute Gasteiger partial charge is 0.116 e. The molecule has 0 aliphatic carbocycles. The summed E-state index contributed by atoms with van der Waals surface area (Å²) >= 11 is 13.7. The molecule has 0 unspecified atom stereocenters. The molecule has 0 saturated heterocycles. The van der Waals surface area contributed by atoms with Crippen molar-refractivity contribution in [1.82, 2.24) is 0 Å². The third-order valence-corrected chi connectivity index (χ3v) is 3.99. The van der Waals surface area contributed by atoms with E-state index in [1.54, 1.807) is 23.9 Å². The van der Waals surface area contributed by atoms with Gasteiger partial charge in [0.1, 0.15) is 5.75 Å². The fourth-order valence-electron chi connectivity index (χ4n) is 1.40. The van der Waals surface area contributed by atoms with Crippen LogP contribution in [0, 0.1) is 0 Å². The summed E-state index contributed by atoms with van der Waals surface area (Å²) in [7, 11) is 0. The number of hydrogen-bond acceptors (Lipinski definition) is 2. The molecule has 0 amide bonds. The van der Waals surface area contributed by atoms with Crippen molar-refractivity contribution in [3.63, 3.8) is 0 Å². The summed E-state index contributed by atoms with van der Waals surface area (Å²) in [6, 6.07) is 12.6. The second-order valence-electron chi connectivity index (χ2n) is 3.49. The van der Waals surface area contributed by atoms with Crippen LogP contribution < -0.4 is 0 Å². The number of thioether (sulfide) groups is 1. The Bertz CT molecular complexity index is 508. The molecule has 88 valence electrons. The van der Waals surface area contributed by atoms with E-state index in [9.17, 15) is 5.11 Å². The van der Waals surface area contributed by atoms with Crippen LogP contribution in [0.1, 0.15) is 5.56 Å². The Morgan fingerprint density at radius 1 is 1.00 bits per heavy atom. The molecule has 0 saturated carbocycles. The van der Waals surface area contributed by atoms with E-state index in [0.29, 0.717) is 15.8 Å². The van der Waals surface area contributed by atoms with Gasteiger partial charge in [0.2, 0.25) is 0 Å². The lowest BCUT2D eigenvalue weighted by atomic mass is 10.2. The van der Waals surface area contributed by atoms with E-state index in [1.165, 1.54) is 0 Å². The van der Waals surface area contributed by atoms with E-state index in [4.69, 9.17) is 23.2 Å². The summed E-state index contributed by atoms with van der Waals surface area (Å²) in [5.41, 5.74) is 0.921. The molecule has 0 heterocycles. The van der Waals surface area contributed by atoms with Gasteiger partial charge in [-0.05, 0) is 35.9 Å². The average molecular weight is 285 g/mol. The Balaban J connectivity index is 2.13. The largest absolute Gasteiger partial charge is 0.508 e. The highest BCUT2D eigenvalue weighted by atomic mass is 35.5. The Morgan fingerprint density at radius 2 is 1.65 bits per heavy atom. The SMILES string of the molecule is Oc1cccc(SCc2c(Cl)cccc2Cl)c1. The first kappa shape index (κ1) is 12.6. The lowest BCUT2D eigenvalue weighted by Crippen LogP contribution is -1.84. The predicted octanol–water partition coefficient (Wildman–Crippen LogP) is 4.99. The van der Waals surface area contributed by atoms with Crippen LogP contribution in [-0.4, -0.2) is 5.11 Å². The second kappa shape index (κ2) is 5.67. The molecular formula is C13H10Cl2OS. The number of halogens is 2. The van der Waals surface area contributed by atoms with Crippen molar-refractivity contribution in [2.45, 2.75) is 10.6 Å². The number of hydrogen-bond donors (Lipinski definition) is 1. The summed E-state index contributed by atoms with van der Waals surface area (Å²) < 4.78 is 0. The van der Waals surface area contributed by atoms with E-state index in [1.807, 2.05) is 30.3 Å².